The van der Waals surface area contributed by atoms with E-state index < -0.39 is 0 Å². The zero-order valence-electron chi connectivity index (χ0n) is 9.32. The fourth-order valence-corrected chi connectivity index (χ4v) is 2.92. The summed E-state index contributed by atoms with van der Waals surface area (Å²) in [7, 11) is 0. The van der Waals surface area contributed by atoms with E-state index in [4.69, 9.17) is 5.73 Å². The van der Waals surface area contributed by atoms with E-state index in [1.54, 1.807) is 11.3 Å². The van der Waals surface area contributed by atoms with Crippen molar-refractivity contribution in [1.82, 2.24) is 4.98 Å². The molecule has 0 saturated heterocycles. The predicted octanol–water partition coefficient (Wildman–Crippen LogP) is 3.33. The van der Waals surface area contributed by atoms with Crippen LogP contribution in [0.3, 0.4) is 0 Å². The van der Waals surface area contributed by atoms with Gasteiger partial charge in [-0.15, -0.1) is 11.3 Å². The number of hydrogen-bond donors (Lipinski definition) is 1. The van der Waals surface area contributed by atoms with Crippen LogP contribution >= 0.6 is 11.3 Å². The smallest absolute Gasteiger partial charge is 0.180 e. The lowest BCUT2D eigenvalue weighted by Gasteiger charge is -2.01. The number of aromatic nitrogens is 1. The third-order valence-electron chi connectivity index (χ3n) is 2.99. The van der Waals surface area contributed by atoms with E-state index >= 15 is 0 Å². The molecule has 1 heterocycles. The summed E-state index contributed by atoms with van der Waals surface area (Å²) in [4.78, 5) is 5.64. The molecule has 0 radical (unpaired) electrons. The van der Waals surface area contributed by atoms with Crippen LogP contribution in [-0.2, 0) is 6.42 Å². The number of nitrogen functional groups attached to an aromatic ring is 1. The Morgan fingerprint density at radius 2 is 2.00 bits per heavy atom. The summed E-state index contributed by atoms with van der Waals surface area (Å²) >= 11 is 1.55. The van der Waals surface area contributed by atoms with Crippen LogP contribution in [0.4, 0.5) is 9.52 Å². The highest BCUT2D eigenvalue weighted by molar-refractivity contribution is 7.15. The van der Waals surface area contributed by atoms with Gasteiger partial charge in [0.05, 0.1) is 5.69 Å². The summed E-state index contributed by atoms with van der Waals surface area (Å²) < 4.78 is 12.8. The van der Waals surface area contributed by atoms with Crippen molar-refractivity contribution >= 4 is 16.5 Å². The molecule has 1 aliphatic carbocycles. The second-order valence-electron chi connectivity index (χ2n) is 4.44. The van der Waals surface area contributed by atoms with E-state index in [1.807, 2.05) is 12.1 Å². The van der Waals surface area contributed by atoms with E-state index in [0.29, 0.717) is 11.0 Å². The van der Waals surface area contributed by atoms with Crippen LogP contribution in [-0.4, -0.2) is 4.98 Å². The van der Waals surface area contributed by atoms with Gasteiger partial charge in [-0.1, -0.05) is 12.1 Å². The van der Waals surface area contributed by atoms with Gasteiger partial charge in [-0.05, 0) is 30.5 Å². The van der Waals surface area contributed by atoms with Crippen molar-refractivity contribution in [3.8, 4) is 0 Å². The Hall–Kier alpha value is -1.42. The van der Waals surface area contributed by atoms with Gasteiger partial charge < -0.3 is 5.73 Å². The molecule has 2 aromatic rings. The second-order valence-corrected chi connectivity index (χ2v) is 5.55. The Labute approximate surface area is 103 Å². The number of halogens is 1. The van der Waals surface area contributed by atoms with E-state index in [9.17, 15) is 4.39 Å². The Kier molecular flexibility index (Phi) is 2.59. The molecule has 17 heavy (non-hydrogen) atoms. The molecular weight excluding hydrogens is 235 g/mol. The van der Waals surface area contributed by atoms with E-state index in [0.717, 1.165) is 17.7 Å². The fraction of sp³-hybridized carbons (Fsp3) is 0.308. The first-order valence-electron chi connectivity index (χ1n) is 5.72. The average molecular weight is 248 g/mol. The van der Waals surface area contributed by atoms with E-state index in [1.165, 1.54) is 29.9 Å². The molecule has 0 unspecified atom stereocenters. The lowest BCUT2D eigenvalue weighted by Crippen LogP contribution is -1.91. The van der Waals surface area contributed by atoms with Crippen LogP contribution in [0.2, 0.25) is 0 Å². The summed E-state index contributed by atoms with van der Waals surface area (Å²) in [6, 6.07) is 6.64. The molecule has 1 fully saturated rings. The average Bonchev–Trinajstić information content (AvgIpc) is 3.07. The Morgan fingerprint density at radius 1 is 1.29 bits per heavy atom. The molecule has 0 atom stereocenters. The third-order valence-corrected chi connectivity index (χ3v) is 3.89. The first kappa shape index (κ1) is 10.7. The minimum Gasteiger partial charge on any atom is -0.375 e. The molecule has 0 amide bonds. The molecular formula is C13H13FN2S. The normalized spacial score (nSPS) is 15.1. The largest absolute Gasteiger partial charge is 0.375 e. The van der Waals surface area contributed by atoms with Gasteiger partial charge in [0.15, 0.2) is 5.13 Å². The van der Waals surface area contributed by atoms with E-state index in [2.05, 4.69) is 4.98 Å². The number of thiazole rings is 1. The zero-order valence-corrected chi connectivity index (χ0v) is 10.1. The molecule has 1 aromatic heterocycles. The molecule has 4 heteroatoms. The van der Waals surface area contributed by atoms with Gasteiger partial charge in [0.2, 0.25) is 0 Å². The molecule has 3 rings (SSSR count). The highest BCUT2D eigenvalue weighted by atomic mass is 32.1. The van der Waals surface area contributed by atoms with Crippen LogP contribution in [0.15, 0.2) is 24.3 Å². The molecule has 0 aliphatic heterocycles. The highest BCUT2D eigenvalue weighted by Crippen LogP contribution is 2.43. The second kappa shape index (κ2) is 4.11. The van der Waals surface area contributed by atoms with Crippen molar-refractivity contribution in [3.05, 3.63) is 46.2 Å². The van der Waals surface area contributed by atoms with E-state index in [-0.39, 0.29) is 5.82 Å². The van der Waals surface area contributed by atoms with Crippen molar-refractivity contribution in [2.75, 3.05) is 5.73 Å². The summed E-state index contributed by atoms with van der Waals surface area (Å²) in [5.41, 5.74) is 8.04. The van der Waals surface area contributed by atoms with Crippen LogP contribution < -0.4 is 5.73 Å². The van der Waals surface area contributed by atoms with Crippen molar-refractivity contribution in [2.45, 2.75) is 25.2 Å². The minimum atomic E-state index is -0.194. The summed E-state index contributed by atoms with van der Waals surface area (Å²) in [5, 5.41) is 0.643. The number of hydrogen-bond acceptors (Lipinski definition) is 3. The minimum absolute atomic E-state index is 0.194. The summed E-state index contributed by atoms with van der Waals surface area (Å²) in [6.45, 7) is 0. The Balaban J connectivity index is 1.86. The predicted molar refractivity (Wildman–Crippen MR) is 67.7 cm³/mol. The first-order valence-corrected chi connectivity index (χ1v) is 6.53. The molecule has 2 N–H and O–H groups in total. The first-order chi connectivity index (χ1) is 8.22. The molecule has 1 saturated carbocycles. The fourth-order valence-electron chi connectivity index (χ4n) is 1.97. The van der Waals surface area contributed by atoms with Crippen LogP contribution in [0.25, 0.3) is 0 Å². The molecule has 2 nitrogen and oxygen atoms in total. The Bertz CT molecular complexity index is 529. The highest BCUT2D eigenvalue weighted by Gasteiger charge is 2.29. The van der Waals surface area contributed by atoms with Crippen LogP contribution in [0, 0.1) is 5.82 Å². The quantitative estimate of drug-likeness (QED) is 0.904. The monoisotopic (exact) mass is 248 g/mol. The topological polar surface area (TPSA) is 38.9 Å². The zero-order chi connectivity index (χ0) is 11.8. The Morgan fingerprint density at radius 3 is 2.65 bits per heavy atom. The van der Waals surface area contributed by atoms with Crippen molar-refractivity contribution in [2.24, 2.45) is 0 Å². The summed E-state index contributed by atoms with van der Waals surface area (Å²) in [5.74, 6) is 0.416. The van der Waals surface area contributed by atoms with Crippen molar-refractivity contribution < 1.29 is 4.39 Å². The number of nitrogens with zero attached hydrogens (tertiary/aromatic N) is 1. The molecule has 0 bridgehead atoms. The van der Waals surface area contributed by atoms with Gasteiger partial charge in [0.1, 0.15) is 5.82 Å². The number of rotatable bonds is 3. The maximum absolute atomic E-state index is 12.8. The lowest BCUT2D eigenvalue weighted by atomic mass is 10.1. The lowest BCUT2D eigenvalue weighted by molar-refractivity contribution is 0.627. The van der Waals surface area contributed by atoms with Crippen LogP contribution in [0.1, 0.15) is 34.9 Å². The number of anilines is 1. The number of nitrogens with two attached hydrogens (primary N) is 1. The number of benzene rings is 1. The SMILES string of the molecule is Nc1nc(C2CC2)c(Cc2ccc(F)cc2)s1. The van der Waals surface area contributed by atoms with Crippen molar-refractivity contribution in [1.29, 1.82) is 0 Å². The summed E-state index contributed by atoms with van der Waals surface area (Å²) in [6.07, 6.45) is 3.25. The molecule has 88 valence electrons. The van der Waals surface area contributed by atoms with Gasteiger partial charge in [-0.3, -0.25) is 0 Å². The van der Waals surface area contributed by atoms with Crippen molar-refractivity contribution in [3.63, 3.8) is 0 Å². The maximum Gasteiger partial charge on any atom is 0.180 e. The van der Waals surface area contributed by atoms with Gasteiger partial charge in [-0.25, -0.2) is 9.37 Å². The van der Waals surface area contributed by atoms with Crippen LogP contribution in [0.5, 0.6) is 0 Å². The molecule has 1 aromatic carbocycles. The maximum atomic E-state index is 12.8. The van der Waals surface area contributed by atoms with Gasteiger partial charge in [-0.2, -0.15) is 0 Å². The molecule has 0 spiro atoms. The standard InChI is InChI=1S/C13H13FN2S/c14-10-5-1-8(2-6-10)7-11-12(9-3-4-9)16-13(15)17-11/h1-2,5-6,9H,3-4,7H2,(H2,15,16). The van der Waals surface area contributed by atoms with Gasteiger partial charge in [0.25, 0.3) is 0 Å². The van der Waals surface area contributed by atoms with Gasteiger partial charge in [0, 0.05) is 17.2 Å². The third kappa shape index (κ3) is 2.31. The van der Waals surface area contributed by atoms with Gasteiger partial charge >= 0.3 is 0 Å². The molecule has 1 aliphatic rings.